The van der Waals surface area contributed by atoms with Gasteiger partial charge in [-0.05, 0) is 12.3 Å². The first-order valence-electron chi connectivity index (χ1n) is 7.41. The van der Waals surface area contributed by atoms with E-state index in [1.54, 1.807) is 0 Å². The van der Waals surface area contributed by atoms with Gasteiger partial charge in [0, 0.05) is 25.7 Å². The summed E-state index contributed by atoms with van der Waals surface area (Å²) in [5.74, 6) is 0.474. The summed E-state index contributed by atoms with van der Waals surface area (Å²) >= 11 is 0. The first-order chi connectivity index (χ1) is 9.06. The molecule has 2 unspecified atom stereocenters. The maximum absolute atomic E-state index is 11.9. The molecule has 0 aromatic carbocycles. The first-order valence-corrected chi connectivity index (χ1v) is 7.41. The second-order valence-electron chi connectivity index (χ2n) is 5.60. The number of morpholine rings is 1. The molecule has 0 radical (unpaired) electrons. The molecule has 1 aliphatic heterocycles. The van der Waals surface area contributed by atoms with Gasteiger partial charge in [0.15, 0.2) is 0 Å². The predicted molar refractivity (Wildman–Crippen MR) is 76.9 cm³/mol. The molecule has 1 aliphatic rings. The van der Waals surface area contributed by atoms with Crippen molar-refractivity contribution in [1.82, 2.24) is 10.2 Å². The maximum atomic E-state index is 11.9. The zero-order valence-corrected chi connectivity index (χ0v) is 12.5. The van der Waals surface area contributed by atoms with Crippen LogP contribution < -0.4 is 11.1 Å². The van der Waals surface area contributed by atoms with E-state index in [9.17, 15) is 4.79 Å². The van der Waals surface area contributed by atoms with E-state index < -0.39 is 0 Å². The third kappa shape index (κ3) is 5.47. The van der Waals surface area contributed by atoms with Gasteiger partial charge < -0.3 is 15.8 Å². The van der Waals surface area contributed by atoms with Gasteiger partial charge in [0.05, 0.1) is 19.3 Å². The summed E-state index contributed by atoms with van der Waals surface area (Å²) in [5.41, 5.74) is 5.82. The van der Waals surface area contributed by atoms with Crippen molar-refractivity contribution in [3.05, 3.63) is 0 Å². The molecule has 3 N–H and O–H groups in total. The van der Waals surface area contributed by atoms with Crippen molar-refractivity contribution < 1.29 is 9.53 Å². The van der Waals surface area contributed by atoms with Crippen LogP contribution in [0, 0.1) is 5.92 Å². The fourth-order valence-corrected chi connectivity index (χ4v) is 2.47. The molecule has 1 rings (SSSR count). The Morgan fingerprint density at radius 1 is 1.37 bits per heavy atom. The lowest BCUT2D eigenvalue weighted by Gasteiger charge is -2.37. The highest BCUT2D eigenvalue weighted by Crippen LogP contribution is 2.12. The fraction of sp³-hybridized carbons (Fsp3) is 0.929. The van der Waals surface area contributed by atoms with E-state index in [0.29, 0.717) is 18.5 Å². The number of carbonyl (C=O) groups excluding carboxylic acids is 1. The van der Waals surface area contributed by atoms with Crippen molar-refractivity contribution in [2.24, 2.45) is 11.7 Å². The van der Waals surface area contributed by atoms with E-state index in [1.807, 2.05) is 6.92 Å². The van der Waals surface area contributed by atoms with Crippen molar-refractivity contribution >= 4 is 5.91 Å². The number of nitrogens with two attached hydrogens (primary N) is 1. The van der Waals surface area contributed by atoms with Crippen LogP contribution in [-0.4, -0.2) is 55.7 Å². The number of hydrogen-bond acceptors (Lipinski definition) is 4. The summed E-state index contributed by atoms with van der Waals surface area (Å²) in [6.45, 7) is 10.6. The van der Waals surface area contributed by atoms with E-state index in [0.717, 1.165) is 39.1 Å². The van der Waals surface area contributed by atoms with Gasteiger partial charge in [0.1, 0.15) is 0 Å². The van der Waals surface area contributed by atoms with Crippen LogP contribution in [0.5, 0.6) is 0 Å². The molecule has 1 saturated heterocycles. The van der Waals surface area contributed by atoms with E-state index >= 15 is 0 Å². The van der Waals surface area contributed by atoms with Gasteiger partial charge in [-0.3, -0.25) is 9.69 Å². The summed E-state index contributed by atoms with van der Waals surface area (Å²) in [4.78, 5) is 14.3. The van der Waals surface area contributed by atoms with Crippen LogP contribution in [0.2, 0.25) is 0 Å². The molecule has 0 aliphatic carbocycles. The molecule has 1 heterocycles. The minimum atomic E-state index is -0.373. The summed E-state index contributed by atoms with van der Waals surface area (Å²) < 4.78 is 5.38. The Morgan fingerprint density at radius 2 is 2.00 bits per heavy atom. The number of rotatable bonds is 7. The van der Waals surface area contributed by atoms with Gasteiger partial charge in [-0.15, -0.1) is 0 Å². The van der Waals surface area contributed by atoms with Crippen molar-refractivity contribution in [3.63, 3.8) is 0 Å². The fourth-order valence-electron chi connectivity index (χ4n) is 2.47. The number of hydrogen-bond donors (Lipinski definition) is 2. The maximum Gasteiger partial charge on any atom is 0.236 e. The highest BCUT2D eigenvalue weighted by atomic mass is 16.5. The number of amides is 1. The topological polar surface area (TPSA) is 67.6 Å². The van der Waals surface area contributed by atoms with Crippen molar-refractivity contribution in [2.75, 3.05) is 32.8 Å². The van der Waals surface area contributed by atoms with E-state index in [-0.39, 0.29) is 11.9 Å². The lowest BCUT2D eigenvalue weighted by molar-refractivity contribution is -0.123. The molecule has 112 valence electrons. The first kappa shape index (κ1) is 16.4. The zero-order chi connectivity index (χ0) is 14.3. The minimum absolute atomic E-state index is 0.0271. The van der Waals surface area contributed by atoms with E-state index in [4.69, 9.17) is 10.5 Å². The molecule has 0 saturated carbocycles. The summed E-state index contributed by atoms with van der Waals surface area (Å²) in [5, 5.41) is 3.00. The van der Waals surface area contributed by atoms with Gasteiger partial charge in [-0.1, -0.05) is 27.2 Å². The largest absolute Gasteiger partial charge is 0.379 e. The number of carbonyl (C=O) groups is 1. The predicted octanol–water partition coefficient (Wildman–Crippen LogP) is 0.587. The average Bonchev–Trinajstić information content (AvgIpc) is 2.39. The van der Waals surface area contributed by atoms with Crippen molar-refractivity contribution in [1.29, 1.82) is 0 Å². The summed E-state index contributed by atoms with van der Waals surface area (Å²) in [6, 6.07) is -0.0100. The van der Waals surface area contributed by atoms with E-state index in [2.05, 4.69) is 24.1 Å². The summed E-state index contributed by atoms with van der Waals surface area (Å²) in [7, 11) is 0. The second-order valence-corrected chi connectivity index (χ2v) is 5.60. The molecule has 1 fully saturated rings. The molecule has 2 atom stereocenters. The normalized spacial score (nSPS) is 20.3. The Morgan fingerprint density at radius 3 is 2.53 bits per heavy atom. The number of nitrogens with zero attached hydrogens (tertiary/aromatic N) is 1. The number of nitrogens with one attached hydrogen (secondary N) is 1. The second kappa shape index (κ2) is 8.51. The van der Waals surface area contributed by atoms with Crippen LogP contribution in [0.25, 0.3) is 0 Å². The molecular weight excluding hydrogens is 242 g/mol. The van der Waals surface area contributed by atoms with E-state index in [1.165, 1.54) is 0 Å². The van der Waals surface area contributed by atoms with Gasteiger partial charge in [-0.25, -0.2) is 0 Å². The van der Waals surface area contributed by atoms with Crippen LogP contribution in [0.3, 0.4) is 0 Å². The lowest BCUT2D eigenvalue weighted by Crippen LogP contribution is -2.52. The Kier molecular flexibility index (Phi) is 7.34. The number of ether oxygens (including phenoxy) is 1. The standard InChI is InChI=1S/C14H29N3O2/c1-4-5-12(15)14(18)16-10-13(11(2)3)17-6-8-19-9-7-17/h11-13H,4-10,15H2,1-3H3,(H,16,18). The van der Waals surface area contributed by atoms with Crippen LogP contribution in [0.4, 0.5) is 0 Å². The molecule has 5 nitrogen and oxygen atoms in total. The van der Waals surface area contributed by atoms with Crippen LogP contribution >= 0.6 is 0 Å². The van der Waals surface area contributed by atoms with Crippen LogP contribution in [-0.2, 0) is 9.53 Å². The molecule has 5 heteroatoms. The monoisotopic (exact) mass is 271 g/mol. The average molecular weight is 271 g/mol. The van der Waals surface area contributed by atoms with Crippen molar-refractivity contribution in [3.8, 4) is 0 Å². The molecule has 1 amide bonds. The molecule has 0 bridgehead atoms. The molecule has 0 aromatic heterocycles. The summed E-state index contributed by atoms with van der Waals surface area (Å²) in [6.07, 6.45) is 1.68. The quantitative estimate of drug-likeness (QED) is 0.711. The smallest absolute Gasteiger partial charge is 0.236 e. The van der Waals surface area contributed by atoms with Crippen LogP contribution in [0.1, 0.15) is 33.6 Å². The lowest BCUT2D eigenvalue weighted by atomic mass is 10.0. The van der Waals surface area contributed by atoms with Gasteiger partial charge >= 0.3 is 0 Å². The third-order valence-electron chi connectivity index (χ3n) is 3.71. The minimum Gasteiger partial charge on any atom is -0.379 e. The Bertz CT molecular complexity index is 265. The molecular formula is C14H29N3O2. The van der Waals surface area contributed by atoms with Gasteiger partial charge in [0.25, 0.3) is 0 Å². The highest BCUT2D eigenvalue weighted by molar-refractivity contribution is 5.81. The highest BCUT2D eigenvalue weighted by Gasteiger charge is 2.24. The third-order valence-corrected chi connectivity index (χ3v) is 3.71. The van der Waals surface area contributed by atoms with Gasteiger partial charge in [-0.2, -0.15) is 0 Å². The molecule has 0 spiro atoms. The Labute approximate surface area is 116 Å². The van der Waals surface area contributed by atoms with Crippen LogP contribution in [0.15, 0.2) is 0 Å². The SMILES string of the molecule is CCCC(N)C(=O)NCC(C(C)C)N1CCOCC1. The van der Waals surface area contributed by atoms with Gasteiger partial charge in [0.2, 0.25) is 5.91 Å². The molecule has 0 aromatic rings. The Balaban J connectivity index is 2.43. The van der Waals surface area contributed by atoms with Crippen molar-refractivity contribution in [2.45, 2.75) is 45.7 Å². The zero-order valence-electron chi connectivity index (χ0n) is 12.5. The Hall–Kier alpha value is -0.650. The molecule has 19 heavy (non-hydrogen) atoms.